The largest absolute Gasteiger partial charge is 0.490 e. The molecule has 2 aliphatic rings. The van der Waals surface area contributed by atoms with Crippen molar-refractivity contribution < 1.29 is 41.0 Å². The highest BCUT2D eigenvalue weighted by Gasteiger charge is 2.41. The lowest BCUT2D eigenvalue weighted by molar-refractivity contribution is -0.192. The van der Waals surface area contributed by atoms with Crippen LogP contribution in [0.3, 0.4) is 0 Å². The van der Waals surface area contributed by atoms with Crippen molar-refractivity contribution >= 4 is 21.9 Å². The van der Waals surface area contributed by atoms with Crippen LogP contribution in [0.5, 0.6) is 0 Å². The molecule has 1 atom stereocenters. The minimum atomic E-state index is -5.08. The van der Waals surface area contributed by atoms with Crippen LogP contribution in [0.15, 0.2) is 24.4 Å². The van der Waals surface area contributed by atoms with Crippen molar-refractivity contribution in [2.45, 2.75) is 49.9 Å². The second-order valence-corrected chi connectivity index (χ2v) is 9.57. The van der Waals surface area contributed by atoms with Gasteiger partial charge in [-0.15, -0.1) is 0 Å². The van der Waals surface area contributed by atoms with Crippen LogP contribution in [0.2, 0.25) is 0 Å². The number of nitrogens with one attached hydrogen (secondary N) is 1. The Morgan fingerprint density at radius 2 is 1.94 bits per heavy atom. The zero-order valence-electron chi connectivity index (χ0n) is 17.5. The Kier molecular flexibility index (Phi) is 8.60. The molecule has 13 heteroatoms. The monoisotopic (exact) mass is 481 g/mol. The molecule has 0 bridgehead atoms. The fourth-order valence-corrected chi connectivity index (χ4v) is 4.52. The van der Waals surface area contributed by atoms with Gasteiger partial charge in [0.25, 0.3) is 0 Å². The molecule has 9 nitrogen and oxygen atoms in total. The summed E-state index contributed by atoms with van der Waals surface area (Å²) in [6, 6.07) is 5.49. The summed E-state index contributed by atoms with van der Waals surface area (Å²) < 4.78 is 63.4. The van der Waals surface area contributed by atoms with E-state index in [1.165, 1.54) is 6.26 Å². The third-order valence-electron chi connectivity index (χ3n) is 5.20. The Bertz CT molecular complexity index is 887. The number of halogens is 3. The van der Waals surface area contributed by atoms with E-state index in [-0.39, 0.29) is 17.6 Å². The van der Waals surface area contributed by atoms with Gasteiger partial charge in [-0.1, -0.05) is 6.07 Å². The first-order valence-corrected chi connectivity index (χ1v) is 11.8. The van der Waals surface area contributed by atoms with Crippen molar-refractivity contribution in [1.29, 1.82) is 0 Å². The van der Waals surface area contributed by atoms with Crippen molar-refractivity contribution in [3.05, 3.63) is 30.1 Å². The molecule has 32 heavy (non-hydrogen) atoms. The van der Waals surface area contributed by atoms with Crippen LogP contribution in [0.4, 0.5) is 13.2 Å². The maximum absolute atomic E-state index is 12.4. The predicted molar refractivity (Wildman–Crippen MR) is 107 cm³/mol. The van der Waals surface area contributed by atoms with Crippen molar-refractivity contribution in [2.75, 3.05) is 26.0 Å². The summed E-state index contributed by atoms with van der Waals surface area (Å²) in [6.45, 7) is 1.82. The van der Waals surface area contributed by atoms with Gasteiger partial charge in [-0.3, -0.25) is 9.78 Å². The van der Waals surface area contributed by atoms with Crippen molar-refractivity contribution in [3.63, 3.8) is 0 Å². The van der Waals surface area contributed by atoms with E-state index < -0.39 is 22.2 Å². The Morgan fingerprint density at radius 3 is 2.44 bits per heavy atom. The van der Waals surface area contributed by atoms with E-state index in [9.17, 15) is 26.4 Å². The summed E-state index contributed by atoms with van der Waals surface area (Å²) in [5.74, 6) is -2.68. The number of likely N-dealkylation sites (tertiary alicyclic amines) is 1. The quantitative estimate of drug-likeness (QED) is 0.665. The number of pyridine rings is 1. The number of piperidine rings is 1. The summed E-state index contributed by atoms with van der Waals surface area (Å²) in [7, 11) is -3.21. The average molecular weight is 481 g/mol. The minimum Gasteiger partial charge on any atom is -0.475 e. The van der Waals surface area contributed by atoms with Crippen LogP contribution in [0.25, 0.3) is 0 Å². The first-order chi connectivity index (χ1) is 14.8. The first kappa shape index (κ1) is 26.0. The summed E-state index contributed by atoms with van der Waals surface area (Å²) in [5.41, 5.74) is 0.460. The molecule has 0 radical (unpaired) electrons. The summed E-state index contributed by atoms with van der Waals surface area (Å²) in [6.07, 6.45) is 0.949. The second-order valence-electron chi connectivity index (χ2n) is 7.79. The molecule has 3 heterocycles. The number of carboxylic acid groups (broad SMARTS) is 1. The lowest BCUT2D eigenvalue weighted by Gasteiger charge is -2.46. The third-order valence-corrected chi connectivity index (χ3v) is 5.96. The van der Waals surface area contributed by atoms with Crippen LogP contribution in [-0.2, 0) is 30.8 Å². The molecule has 3 rings (SSSR count). The van der Waals surface area contributed by atoms with E-state index in [1.807, 2.05) is 23.1 Å². The molecule has 2 fully saturated rings. The number of rotatable bonds is 4. The summed E-state index contributed by atoms with van der Waals surface area (Å²) >= 11 is 0. The van der Waals surface area contributed by atoms with E-state index in [0.29, 0.717) is 39.0 Å². The average Bonchev–Trinajstić information content (AvgIpc) is 2.68. The maximum Gasteiger partial charge on any atom is 0.490 e. The number of carbonyl (C=O) groups excluding carboxylic acids is 1. The molecule has 1 spiro atoms. The lowest BCUT2D eigenvalue weighted by Crippen LogP contribution is -2.54. The van der Waals surface area contributed by atoms with Gasteiger partial charge in [0.05, 0.1) is 18.3 Å². The van der Waals surface area contributed by atoms with Gasteiger partial charge >= 0.3 is 12.1 Å². The zero-order chi connectivity index (χ0) is 24.0. The van der Waals surface area contributed by atoms with Gasteiger partial charge in [-0.25, -0.2) is 17.9 Å². The Morgan fingerprint density at radius 1 is 1.31 bits per heavy atom. The SMILES string of the molecule is CS(=O)(=O)NC1CCOC2(CCN(C(=O)Cc3ccccn3)CC2)C1.O=C(O)C(F)(F)F. The van der Waals surface area contributed by atoms with Gasteiger partial charge in [0.15, 0.2) is 0 Å². The number of carboxylic acids is 1. The van der Waals surface area contributed by atoms with Crippen molar-refractivity contribution in [2.24, 2.45) is 0 Å². The molecule has 2 N–H and O–H groups in total. The van der Waals surface area contributed by atoms with Crippen LogP contribution < -0.4 is 4.72 Å². The highest BCUT2D eigenvalue weighted by Crippen LogP contribution is 2.35. The molecule has 1 aromatic rings. The molecule has 1 aromatic heterocycles. The van der Waals surface area contributed by atoms with Crippen molar-refractivity contribution in [1.82, 2.24) is 14.6 Å². The molecule has 1 unspecified atom stereocenters. The molecule has 0 aliphatic carbocycles. The number of aliphatic carboxylic acids is 1. The number of hydrogen-bond acceptors (Lipinski definition) is 6. The first-order valence-electron chi connectivity index (χ1n) is 9.89. The Hall–Kier alpha value is -2.25. The smallest absolute Gasteiger partial charge is 0.475 e. The van der Waals surface area contributed by atoms with Crippen LogP contribution >= 0.6 is 0 Å². The van der Waals surface area contributed by atoms with E-state index in [0.717, 1.165) is 18.5 Å². The number of ether oxygens (including phenoxy) is 1. The fraction of sp³-hybridized carbons (Fsp3) is 0.632. The molecule has 0 aromatic carbocycles. The molecule has 1 amide bonds. The molecule has 0 saturated carbocycles. The topological polar surface area (TPSA) is 126 Å². The summed E-state index contributed by atoms with van der Waals surface area (Å²) in [5, 5.41) is 7.12. The van der Waals surface area contributed by atoms with E-state index >= 15 is 0 Å². The van der Waals surface area contributed by atoms with E-state index in [4.69, 9.17) is 14.6 Å². The van der Waals surface area contributed by atoms with E-state index in [1.54, 1.807) is 6.20 Å². The number of amides is 1. The third kappa shape index (κ3) is 8.36. The van der Waals surface area contributed by atoms with Crippen molar-refractivity contribution in [3.8, 4) is 0 Å². The molecule has 2 saturated heterocycles. The van der Waals surface area contributed by atoms with Crippen LogP contribution in [-0.4, -0.2) is 79.1 Å². The molecule has 180 valence electrons. The molecule has 2 aliphatic heterocycles. The molecular formula is C19H26F3N3O6S. The standard InChI is InChI=1S/C17H25N3O4S.C2HF3O2/c1-25(22,23)19-15-5-11-24-17(13-15)6-9-20(10-7-17)16(21)12-14-4-2-3-8-18-14;3-2(4,5)1(6)7/h2-4,8,15,19H,5-7,9-13H2,1H3;(H,6,7). The second kappa shape index (κ2) is 10.6. The van der Waals surface area contributed by atoms with Gasteiger partial charge < -0.3 is 14.7 Å². The predicted octanol–water partition coefficient (Wildman–Crippen LogP) is 1.35. The number of alkyl halides is 3. The fourth-order valence-electron chi connectivity index (χ4n) is 3.71. The molecular weight excluding hydrogens is 455 g/mol. The van der Waals surface area contributed by atoms with Crippen LogP contribution in [0.1, 0.15) is 31.4 Å². The van der Waals surface area contributed by atoms with E-state index in [2.05, 4.69) is 9.71 Å². The van der Waals surface area contributed by atoms with Gasteiger partial charge in [0.2, 0.25) is 15.9 Å². The number of sulfonamides is 1. The maximum atomic E-state index is 12.4. The van der Waals surface area contributed by atoms with Crippen LogP contribution in [0, 0.1) is 0 Å². The minimum absolute atomic E-state index is 0.0789. The number of hydrogen-bond donors (Lipinski definition) is 2. The summed E-state index contributed by atoms with van der Waals surface area (Å²) in [4.78, 5) is 27.4. The van der Waals surface area contributed by atoms with Gasteiger partial charge in [-0.2, -0.15) is 13.2 Å². The number of aromatic nitrogens is 1. The van der Waals surface area contributed by atoms with Gasteiger partial charge in [0, 0.05) is 37.6 Å². The Labute approximate surface area is 184 Å². The van der Waals surface area contributed by atoms with Gasteiger partial charge in [-0.05, 0) is 37.8 Å². The number of carbonyl (C=O) groups is 2. The number of nitrogens with zero attached hydrogens (tertiary/aromatic N) is 2. The lowest BCUT2D eigenvalue weighted by atomic mass is 9.82. The highest BCUT2D eigenvalue weighted by molar-refractivity contribution is 7.88. The van der Waals surface area contributed by atoms with Gasteiger partial charge in [0.1, 0.15) is 0 Å². The Balaban J connectivity index is 0.000000451. The normalized spacial score (nSPS) is 20.9. The highest BCUT2D eigenvalue weighted by atomic mass is 32.2. The zero-order valence-corrected chi connectivity index (χ0v) is 18.3.